The van der Waals surface area contributed by atoms with Crippen LogP contribution in [0.4, 0.5) is 10.1 Å². The molecule has 186 valence electrons. The third kappa shape index (κ3) is 3.79. The number of carbonyl (C=O) groups excluding carboxylic acids is 2. The van der Waals surface area contributed by atoms with Crippen LogP contribution in [0.1, 0.15) is 55.7 Å². The Hall–Kier alpha value is -2.98. The van der Waals surface area contributed by atoms with Crippen molar-refractivity contribution in [2.75, 3.05) is 25.1 Å². The standard InChI is InChI=1S/C25H28FN3O5S/c1-11(27)14-7-8-28(10-14)20-17(26)9-16-19(23(20)33-4)29(15-5-6-15)25-18(21(16)32)22(34-13(3)31)24(35-25)12(2)30/h9,11,14-15H,5-8,10,27H2,1-4H3/t11-,14?/m0/s1. The van der Waals surface area contributed by atoms with Crippen molar-refractivity contribution in [3.05, 3.63) is 27.0 Å². The summed E-state index contributed by atoms with van der Waals surface area (Å²) in [6.07, 6.45) is 2.58. The molecule has 1 unspecified atom stereocenters. The third-order valence-corrected chi connectivity index (χ3v) is 8.20. The summed E-state index contributed by atoms with van der Waals surface area (Å²) in [5, 5.41) is 0.258. The summed E-state index contributed by atoms with van der Waals surface area (Å²) in [6, 6.07) is 1.29. The maximum atomic E-state index is 15.7. The van der Waals surface area contributed by atoms with Crippen LogP contribution in [0, 0.1) is 11.7 Å². The predicted molar refractivity (Wildman–Crippen MR) is 134 cm³/mol. The molecule has 35 heavy (non-hydrogen) atoms. The number of fused-ring (bicyclic) bond motifs is 2. The van der Waals surface area contributed by atoms with Crippen LogP contribution < -0.4 is 25.5 Å². The lowest BCUT2D eigenvalue weighted by Crippen LogP contribution is -2.30. The molecule has 0 amide bonds. The molecule has 5 rings (SSSR count). The lowest BCUT2D eigenvalue weighted by Gasteiger charge is -2.25. The number of hydrogen-bond donors (Lipinski definition) is 1. The van der Waals surface area contributed by atoms with E-state index in [9.17, 15) is 14.4 Å². The Morgan fingerprint density at radius 1 is 1.23 bits per heavy atom. The SMILES string of the molecule is COc1c(N2CCC([C@H](C)N)C2)c(F)cc2c(=O)c3c(OC(C)=O)c(C(C)=O)sc3n(C3CC3)c12. The van der Waals surface area contributed by atoms with E-state index >= 15 is 4.39 Å². The summed E-state index contributed by atoms with van der Waals surface area (Å²) in [5.41, 5.74) is 6.43. The van der Waals surface area contributed by atoms with E-state index in [1.807, 2.05) is 16.4 Å². The topological polar surface area (TPSA) is 104 Å². The fourth-order valence-electron chi connectivity index (χ4n) is 5.09. The third-order valence-electron chi connectivity index (χ3n) is 6.93. The Kier molecular flexibility index (Phi) is 5.83. The van der Waals surface area contributed by atoms with Crippen LogP contribution in [0.5, 0.6) is 11.5 Å². The lowest BCUT2D eigenvalue weighted by molar-refractivity contribution is -0.131. The van der Waals surface area contributed by atoms with Crippen LogP contribution >= 0.6 is 11.3 Å². The number of hydrogen-bond acceptors (Lipinski definition) is 8. The number of halogens is 1. The molecule has 1 aliphatic heterocycles. The second kappa shape index (κ2) is 8.60. The van der Waals surface area contributed by atoms with Crippen LogP contribution in [-0.4, -0.2) is 42.6 Å². The number of rotatable bonds is 6. The normalized spacial score (nSPS) is 18.9. The van der Waals surface area contributed by atoms with Gasteiger partial charge in [0.25, 0.3) is 0 Å². The first-order valence-corrected chi connectivity index (χ1v) is 12.6. The number of esters is 1. The average molecular weight is 502 g/mol. The molecule has 2 N–H and O–H groups in total. The molecule has 2 aromatic heterocycles. The van der Waals surface area contributed by atoms with Crippen molar-refractivity contribution in [2.45, 2.75) is 52.1 Å². The molecule has 2 fully saturated rings. The van der Waals surface area contributed by atoms with Crippen LogP contribution in [0.15, 0.2) is 10.9 Å². The zero-order chi connectivity index (χ0) is 25.2. The van der Waals surface area contributed by atoms with Gasteiger partial charge >= 0.3 is 5.97 Å². The summed E-state index contributed by atoms with van der Waals surface area (Å²) < 4.78 is 28.8. The molecular weight excluding hydrogens is 473 g/mol. The summed E-state index contributed by atoms with van der Waals surface area (Å²) in [6.45, 7) is 5.76. The van der Waals surface area contributed by atoms with Crippen molar-refractivity contribution in [1.82, 2.24) is 4.57 Å². The van der Waals surface area contributed by atoms with Gasteiger partial charge in [0.2, 0.25) is 5.43 Å². The molecule has 0 bridgehead atoms. The van der Waals surface area contributed by atoms with Crippen LogP contribution in [-0.2, 0) is 4.79 Å². The van der Waals surface area contributed by atoms with Crippen LogP contribution in [0.2, 0.25) is 0 Å². The van der Waals surface area contributed by atoms with E-state index in [4.69, 9.17) is 15.2 Å². The summed E-state index contributed by atoms with van der Waals surface area (Å²) >= 11 is 1.12. The summed E-state index contributed by atoms with van der Waals surface area (Å²) in [4.78, 5) is 40.6. The highest BCUT2D eigenvalue weighted by Gasteiger charge is 2.36. The lowest BCUT2D eigenvalue weighted by atomic mass is 10.0. The zero-order valence-corrected chi connectivity index (χ0v) is 21.0. The average Bonchev–Trinajstić information content (AvgIpc) is 3.37. The maximum Gasteiger partial charge on any atom is 0.308 e. The molecule has 2 aliphatic rings. The Labute approximate surface area is 205 Å². The number of ether oxygens (including phenoxy) is 2. The minimum atomic E-state index is -0.638. The predicted octanol–water partition coefficient (Wildman–Crippen LogP) is 4.00. The number of carbonyl (C=O) groups is 2. The van der Waals surface area contributed by atoms with Crippen LogP contribution in [0.25, 0.3) is 21.1 Å². The van der Waals surface area contributed by atoms with E-state index in [-0.39, 0.29) is 45.2 Å². The van der Waals surface area contributed by atoms with Gasteiger partial charge in [0.15, 0.2) is 23.1 Å². The first-order chi connectivity index (χ1) is 16.6. The van der Waals surface area contributed by atoms with E-state index in [0.29, 0.717) is 34.9 Å². The number of anilines is 1. The van der Waals surface area contributed by atoms with Gasteiger partial charge in [-0.1, -0.05) is 0 Å². The smallest absolute Gasteiger partial charge is 0.308 e. The highest BCUT2D eigenvalue weighted by Crippen LogP contribution is 2.49. The molecule has 1 saturated heterocycles. The maximum absolute atomic E-state index is 15.7. The van der Waals surface area contributed by atoms with Gasteiger partial charge in [-0.15, -0.1) is 11.3 Å². The Morgan fingerprint density at radius 3 is 2.49 bits per heavy atom. The first-order valence-electron chi connectivity index (χ1n) is 11.7. The number of Topliss-reactive ketones (excluding diaryl/α,β-unsaturated/α-hetero) is 1. The number of ketones is 1. The molecular formula is C25H28FN3O5S. The Morgan fingerprint density at radius 2 is 1.94 bits per heavy atom. The highest BCUT2D eigenvalue weighted by molar-refractivity contribution is 7.21. The molecule has 1 aromatic carbocycles. The quantitative estimate of drug-likeness (QED) is 0.402. The molecule has 0 spiro atoms. The molecule has 8 nitrogen and oxygen atoms in total. The van der Waals surface area contributed by atoms with E-state index < -0.39 is 17.2 Å². The molecule has 3 aromatic rings. The molecule has 3 heterocycles. The number of aromatic nitrogens is 1. The summed E-state index contributed by atoms with van der Waals surface area (Å²) in [5.74, 6) is -1.04. The van der Waals surface area contributed by atoms with Gasteiger partial charge < -0.3 is 24.7 Å². The Bertz CT molecular complexity index is 1440. The highest BCUT2D eigenvalue weighted by atomic mass is 32.1. The van der Waals surface area contributed by atoms with Gasteiger partial charge in [0, 0.05) is 39.0 Å². The van der Waals surface area contributed by atoms with E-state index in [0.717, 1.165) is 30.6 Å². The van der Waals surface area contributed by atoms with Crippen molar-refractivity contribution in [1.29, 1.82) is 0 Å². The van der Waals surface area contributed by atoms with Gasteiger partial charge in [-0.3, -0.25) is 14.4 Å². The number of methoxy groups -OCH3 is 1. The number of benzene rings is 1. The van der Waals surface area contributed by atoms with Gasteiger partial charge in [-0.05, 0) is 38.2 Å². The Balaban J connectivity index is 1.87. The monoisotopic (exact) mass is 501 g/mol. The van der Waals surface area contributed by atoms with Gasteiger partial charge in [-0.2, -0.15) is 0 Å². The van der Waals surface area contributed by atoms with Crippen molar-refractivity contribution >= 4 is 49.9 Å². The number of nitrogens with zero attached hydrogens (tertiary/aromatic N) is 2. The molecule has 1 aliphatic carbocycles. The minimum absolute atomic E-state index is 0.0189. The molecule has 10 heteroatoms. The van der Waals surface area contributed by atoms with Gasteiger partial charge in [-0.25, -0.2) is 4.39 Å². The zero-order valence-electron chi connectivity index (χ0n) is 20.1. The van der Waals surface area contributed by atoms with Crippen molar-refractivity contribution in [3.63, 3.8) is 0 Å². The second-order valence-electron chi connectivity index (χ2n) is 9.51. The fraction of sp³-hybridized carbons (Fsp3) is 0.480. The fourth-order valence-corrected chi connectivity index (χ4v) is 6.29. The first kappa shape index (κ1) is 23.7. The van der Waals surface area contributed by atoms with Crippen molar-refractivity contribution in [3.8, 4) is 11.5 Å². The van der Waals surface area contributed by atoms with Crippen molar-refractivity contribution < 1.29 is 23.5 Å². The van der Waals surface area contributed by atoms with Crippen molar-refractivity contribution in [2.24, 2.45) is 11.7 Å². The van der Waals surface area contributed by atoms with E-state index in [1.54, 1.807) is 0 Å². The number of nitrogens with two attached hydrogens (primary N) is 1. The van der Waals surface area contributed by atoms with E-state index in [1.165, 1.54) is 27.0 Å². The molecule has 0 radical (unpaired) electrons. The van der Waals surface area contributed by atoms with E-state index in [2.05, 4.69) is 0 Å². The molecule has 1 saturated carbocycles. The van der Waals surface area contributed by atoms with Gasteiger partial charge in [0.05, 0.1) is 18.0 Å². The number of thiophene rings is 1. The molecule has 2 atom stereocenters. The van der Waals surface area contributed by atoms with Gasteiger partial charge in [0.1, 0.15) is 20.8 Å². The summed E-state index contributed by atoms with van der Waals surface area (Å²) in [7, 11) is 1.47. The second-order valence-corrected chi connectivity index (χ2v) is 10.5. The van der Waals surface area contributed by atoms with Crippen LogP contribution in [0.3, 0.4) is 0 Å². The number of pyridine rings is 1. The largest absolute Gasteiger partial charge is 0.492 e. The minimum Gasteiger partial charge on any atom is -0.492 e.